The van der Waals surface area contributed by atoms with Gasteiger partial charge in [0.05, 0.1) is 15.6 Å². The molecule has 0 spiro atoms. The van der Waals surface area contributed by atoms with Crippen LogP contribution in [0.1, 0.15) is 11.1 Å². The molecule has 30 heavy (non-hydrogen) atoms. The maximum absolute atomic E-state index is 12.4. The minimum Gasteiger partial charge on any atom is -0.378 e. The summed E-state index contributed by atoms with van der Waals surface area (Å²) in [7, 11) is -3.96. The van der Waals surface area contributed by atoms with Crippen LogP contribution < -0.4 is 9.61 Å². The number of benzene rings is 2. The van der Waals surface area contributed by atoms with Crippen molar-refractivity contribution in [3.8, 4) is 5.75 Å². The highest BCUT2D eigenvalue weighted by atomic mass is 79.9. The first-order chi connectivity index (χ1) is 14.2. The summed E-state index contributed by atoms with van der Waals surface area (Å²) in [4.78, 5) is 14.0. The van der Waals surface area contributed by atoms with Crippen LogP contribution in [0.25, 0.3) is 0 Å². The van der Waals surface area contributed by atoms with Crippen molar-refractivity contribution in [2.75, 3.05) is 5.43 Å². The molecular formula is C19H15BrN4O5S. The first-order valence-electron chi connectivity index (χ1n) is 8.45. The Balaban J connectivity index is 1.68. The summed E-state index contributed by atoms with van der Waals surface area (Å²) < 4.78 is 30.5. The minimum atomic E-state index is -3.96. The lowest BCUT2D eigenvalue weighted by Gasteiger charge is -2.09. The Morgan fingerprint density at radius 3 is 2.50 bits per heavy atom. The molecule has 0 fully saturated rings. The quantitative estimate of drug-likeness (QED) is 0.227. The van der Waals surface area contributed by atoms with E-state index in [0.29, 0.717) is 15.9 Å². The third-order valence-corrected chi connectivity index (χ3v) is 5.68. The maximum Gasteiger partial charge on any atom is 0.339 e. The van der Waals surface area contributed by atoms with Gasteiger partial charge in [-0.05, 0) is 64.8 Å². The molecule has 9 nitrogen and oxygen atoms in total. The fraction of sp³-hybridized carbons (Fsp3) is 0.0526. The molecule has 0 aliphatic rings. The van der Waals surface area contributed by atoms with E-state index in [1.54, 1.807) is 24.3 Å². The third-order valence-electron chi connectivity index (χ3n) is 3.82. The van der Waals surface area contributed by atoms with Crippen LogP contribution in [0.5, 0.6) is 5.75 Å². The van der Waals surface area contributed by atoms with Crippen LogP contribution in [0.15, 0.2) is 75.3 Å². The van der Waals surface area contributed by atoms with Crippen molar-refractivity contribution in [2.45, 2.75) is 11.8 Å². The lowest BCUT2D eigenvalue weighted by Crippen LogP contribution is -2.10. The van der Waals surface area contributed by atoms with E-state index >= 15 is 0 Å². The smallest absolute Gasteiger partial charge is 0.339 e. The molecule has 0 atom stereocenters. The van der Waals surface area contributed by atoms with Gasteiger partial charge in [-0.2, -0.15) is 13.5 Å². The van der Waals surface area contributed by atoms with Crippen LogP contribution >= 0.6 is 15.9 Å². The molecule has 3 rings (SSSR count). The number of rotatable bonds is 7. The number of aromatic nitrogens is 1. The topological polar surface area (TPSA) is 124 Å². The first kappa shape index (κ1) is 21.4. The SMILES string of the molecule is Cc1ccc(S(=O)(=O)Oc2ccc(/C=N\Nc3ccc([N+](=O)[O-])cn3)cc2Br)cc1. The molecule has 154 valence electrons. The molecule has 0 radical (unpaired) electrons. The Morgan fingerprint density at radius 1 is 1.17 bits per heavy atom. The second-order valence-corrected chi connectivity index (χ2v) is 8.47. The van der Waals surface area contributed by atoms with E-state index in [2.05, 4.69) is 31.4 Å². The van der Waals surface area contributed by atoms with Gasteiger partial charge in [-0.25, -0.2) is 4.98 Å². The monoisotopic (exact) mass is 490 g/mol. The van der Waals surface area contributed by atoms with Gasteiger partial charge < -0.3 is 4.18 Å². The normalized spacial score (nSPS) is 11.4. The van der Waals surface area contributed by atoms with E-state index in [1.807, 2.05) is 6.92 Å². The maximum atomic E-state index is 12.4. The molecule has 0 bridgehead atoms. The van der Waals surface area contributed by atoms with Gasteiger partial charge >= 0.3 is 10.1 Å². The standard InChI is InChI=1S/C19H15BrN4O5S/c1-13-2-6-16(7-3-13)30(27,28)29-18-8-4-14(10-17(18)20)11-22-23-19-9-5-15(12-21-19)24(25)26/h2-12H,1H3,(H,21,23)/b22-11-. The number of hydrogen-bond donors (Lipinski definition) is 1. The van der Waals surface area contributed by atoms with Crippen LogP contribution in [0.2, 0.25) is 0 Å². The Labute approximate surface area is 180 Å². The van der Waals surface area contributed by atoms with E-state index in [0.717, 1.165) is 11.8 Å². The zero-order valence-electron chi connectivity index (χ0n) is 15.5. The largest absolute Gasteiger partial charge is 0.378 e. The number of anilines is 1. The molecule has 3 aromatic rings. The highest BCUT2D eigenvalue weighted by Gasteiger charge is 2.18. The van der Waals surface area contributed by atoms with Crippen molar-refractivity contribution >= 4 is 43.8 Å². The van der Waals surface area contributed by atoms with E-state index < -0.39 is 15.0 Å². The van der Waals surface area contributed by atoms with Crippen molar-refractivity contribution in [3.63, 3.8) is 0 Å². The average molecular weight is 491 g/mol. The van der Waals surface area contributed by atoms with E-state index in [-0.39, 0.29) is 16.3 Å². The van der Waals surface area contributed by atoms with Crippen LogP contribution in [0, 0.1) is 17.0 Å². The summed E-state index contributed by atoms with van der Waals surface area (Å²) in [6.07, 6.45) is 2.60. The van der Waals surface area contributed by atoms with Crippen molar-refractivity contribution in [2.24, 2.45) is 5.10 Å². The molecule has 0 unspecified atom stereocenters. The molecule has 0 aliphatic heterocycles. The van der Waals surface area contributed by atoms with Crippen LogP contribution in [-0.2, 0) is 10.1 Å². The van der Waals surface area contributed by atoms with Crippen molar-refractivity contribution < 1.29 is 17.5 Å². The van der Waals surface area contributed by atoms with E-state index in [9.17, 15) is 18.5 Å². The molecule has 1 heterocycles. The van der Waals surface area contributed by atoms with Gasteiger partial charge in [-0.1, -0.05) is 17.7 Å². The van der Waals surface area contributed by atoms with Crippen molar-refractivity contribution in [1.82, 2.24) is 4.98 Å². The number of hydrogen-bond acceptors (Lipinski definition) is 8. The summed E-state index contributed by atoms with van der Waals surface area (Å²) in [5, 5.41) is 14.6. The summed E-state index contributed by atoms with van der Waals surface area (Å²) >= 11 is 3.29. The Hall–Kier alpha value is -3.31. The fourth-order valence-corrected chi connectivity index (χ4v) is 3.80. The number of pyridine rings is 1. The summed E-state index contributed by atoms with van der Waals surface area (Å²) in [5.74, 6) is 0.470. The van der Waals surface area contributed by atoms with Gasteiger partial charge in [0.2, 0.25) is 0 Å². The lowest BCUT2D eigenvalue weighted by atomic mass is 10.2. The molecule has 0 saturated carbocycles. The van der Waals surface area contributed by atoms with Gasteiger partial charge in [-0.3, -0.25) is 15.5 Å². The summed E-state index contributed by atoms with van der Waals surface area (Å²) in [6, 6.07) is 13.8. The number of aryl methyl sites for hydroxylation is 1. The Morgan fingerprint density at radius 2 is 1.90 bits per heavy atom. The number of nitrogens with zero attached hydrogens (tertiary/aromatic N) is 3. The first-order valence-corrected chi connectivity index (χ1v) is 10.6. The van der Waals surface area contributed by atoms with Crippen molar-refractivity contribution in [3.05, 3.63) is 86.5 Å². The molecule has 1 aromatic heterocycles. The number of hydrazone groups is 1. The summed E-state index contributed by atoms with van der Waals surface area (Å²) in [5.41, 5.74) is 4.12. The van der Waals surface area contributed by atoms with Gasteiger partial charge in [0.25, 0.3) is 5.69 Å². The third kappa shape index (κ3) is 5.39. The van der Waals surface area contributed by atoms with Gasteiger partial charge in [-0.15, -0.1) is 0 Å². The molecule has 2 aromatic carbocycles. The predicted octanol–water partition coefficient (Wildman–Crippen LogP) is 4.27. The van der Waals surface area contributed by atoms with Crippen LogP contribution in [0.3, 0.4) is 0 Å². The zero-order chi connectivity index (χ0) is 21.7. The molecule has 1 N–H and O–H groups in total. The number of nitro groups is 1. The van der Waals surface area contributed by atoms with Crippen LogP contribution in [-0.4, -0.2) is 24.5 Å². The number of nitrogens with one attached hydrogen (secondary N) is 1. The lowest BCUT2D eigenvalue weighted by molar-refractivity contribution is -0.385. The second kappa shape index (κ2) is 9.01. The minimum absolute atomic E-state index is 0.0606. The Kier molecular flexibility index (Phi) is 6.43. The highest BCUT2D eigenvalue weighted by molar-refractivity contribution is 9.10. The van der Waals surface area contributed by atoms with Crippen LogP contribution in [0.4, 0.5) is 11.5 Å². The van der Waals surface area contributed by atoms with Gasteiger partial charge in [0.15, 0.2) is 5.75 Å². The van der Waals surface area contributed by atoms with Gasteiger partial charge in [0.1, 0.15) is 16.9 Å². The van der Waals surface area contributed by atoms with Crippen molar-refractivity contribution in [1.29, 1.82) is 0 Å². The van der Waals surface area contributed by atoms with E-state index in [1.165, 1.54) is 36.5 Å². The van der Waals surface area contributed by atoms with Gasteiger partial charge in [0, 0.05) is 6.07 Å². The molecule has 0 amide bonds. The predicted molar refractivity (Wildman–Crippen MR) is 115 cm³/mol. The second-order valence-electron chi connectivity index (χ2n) is 6.07. The summed E-state index contributed by atoms with van der Waals surface area (Å²) in [6.45, 7) is 1.86. The zero-order valence-corrected chi connectivity index (χ0v) is 17.9. The molecule has 0 saturated heterocycles. The molecule has 0 aliphatic carbocycles. The Bertz CT molecular complexity index is 1200. The molecular weight excluding hydrogens is 476 g/mol. The average Bonchev–Trinajstić information content (AvgIpc) is 2.70. The highest BCUT2D eigenvalue weighted by Crippen LogP contribution is 2.28. The number of halogens is 1. The van der Waals surface area contributed by atoms with E-state index in [4.69, 9.17) is 4.18 Å². The molecule has 11 heteroatoms. The fourth-order valence-electron chi connectivity index (χ4n) is 2.27.